The molecule has 0 N–H and O–H groups in total. The van der Waals surface area contributed by atoms with Crippen molar-refractivity contribution in [2.45, 2.75) is 0 Å². The number of hydrogen-bond donors (Lipinski definition) is 0. The number of nitrogens with zero attached hydrogens (tertiary/aromatic N) is 4. The third-order valence-corrected chi connectivity index (χ3v) is 10.4. The van der Waals surface area contributed by atoms with E-state index < -0.39 is 0 Å². The van der Waals surface area contributed by atoms with Crippen molar-refractivity contribution in [3.05, 3.63) is 211 Å². The van der Waals surface area contributed by atoms with Crippen LogP contribution in [0.5, 0.6) is 0 Å². The van der Waals surface area contributed by atoms with E-state index in [9.17, 15) is 0 Å². The minimum absolute atomic E-state index is 0.531. The molecule has 8 heteroatoms. The van der Waals surface area contributed by atoms with Gasteiger partial charge in [0.15, 0.2) is 0 Å². The number of fused-ring (bicyclic) bond motifs is 4. The Labute approximate surface area is 320 Å². The van der Waals surface area contributed by atoms with E-state index in [-0.39, 0.29) is 0 Å². The Morgan fingerprint density at radius 2 is 0.827 bits per heavy atom. The quantitative estimate of drug-likeness (QED) is 0.199. The first-order valence-electron chi connectivity index (χ1n) is 16.5. The molecule has 0 saturated carbocycles. The zero-order chi connectivity index (χ0) is 35.3. The normalized spacial score (nSPS) is 17.5. The highest BCUT2D eigenvalue weighted by Crippen LogP contribution is 2.49. The van der Waals surface area contributed by atoms with Crippen LogP contribution in [0.15, 0.2) is 188 Å². The highest BCUT2D eigenvalue weighted by Gasteiger charge is 2.35. The molecular weight excluding hydrogens is 726 g/mol. The van der Waals surface area contributed by atoms with Crippen LogP contribution in [0.25, 0.3) is 22.3 Å². The minimum atomic E-state index is 0.531. The van der Waals surface area contributed by atoms with E-state index in [0.717, 1.165) is 61.8 Å². The van der Waals surface area contributed by atoms with E-state index in [1.807, 2.05) is 146 Å². The molecule has 0 amide bonds. The van der Waals surface area contributed by atoms with E-state index in [1.165, 1.54) is 0 Å². The average molecular weight is 751 g/mol. The van der Waals surface area contributed by atoms with Crippen molar-refractivity contribution in [3.63, 3.8) is 0 Å². The highest BCUT2D eigenvalue weighted by molar-refractivity contribution is 6.53. The molecule has 5 heterocycles. The van der Waals surface area contributed by atoms with Crippen LogP contribution in [0.2, 0.25) is 20.1 Å². The molecule has 5 aliphatic rings. The summed E-state index contributed by atoms with van der Waals surface area (Å²) in [5.74, 6) is 0. The molecule has 0 radical (unpaired) electrons. The Hall–Kier alpha value is -5.36. The zero-order valence-corrected chi connectivity index (χ0v) is 30.2. The van der Waals surface area contributed by atoms with Crippen LogP contribution < -0.4 is 0 Å². The Kier molecular flexibility index (Phi) is 8.33. The van der Waals surface area contributed by atoms with E-state index >= 15 is 0 Å². The Morgan fingerprint density at radius 3 is 1.38 bits per heavy atom. The maximum absolute atomic E-state index is 7.14. The fourth-order valence-electron chi connectivity index (χ4n) is 6.80. The second-order valence-corrected chi connectivity index (χ2v) is 14.0. The molecule has 0 spiro atoms. The van der Waals surface area contributed by atoms with Crippen molar-refractivity contribution >= 4 is 91.5 Å². The van der Waals surface area contributed by atoms with Gasteiger partial charge in [0.05, 0.1) is 45.6 Å². The van der Waals surface area contributed by atoms with Crippen LogP contribution in [0.3, 0.4) is 0 Å². The van der Waals surface area contributed by atoms with Crippen molar-refractivity contribution in [2.24, 2.45) is 20.0 Å². The van der Waals surface area contributed by atoms with Crippen molar-refractivity contribution in [1.82, 2.24) is 0 Å². The summed E-state index contributed by atoms with van der Waals surface area (Å²) in [4.78, 5) is 20.6. The van der Waals surface area contributed by atoms with Crippen LogP contribution in [-0.4, -0.2) is 22.8 Å². The molecule has 9 rings (SSSR count). The molecule has 0 aliphatic carbocycles. The molecular formula is C44H24Cl4N4. The van der Waals surface area contributed by atoms with Crippen molar-refractivity contribution in [2.75, 3.05) is 0 Å². The van der Waals surface area contributed by atoms with Crippen LogP contribution >= 0.6 is 46.4 Å². The molecule has 52 heavy (non-hydrogen) atoms. The smallest absolute Gasteiger partial charge is 0.0823 e. The monoisotopic (exact) mass is 748 g/mol. The van der Waals surface area contributed by atoms with Gasteiger partial charge in [0.1, 0.15) is 0 Å². The predicted octanol–water partition coefficient (Wildman–Crippen LogP) is 12.3. The molecule has 8 bridgehead atoms. The lowest BCUT2D eigenvalue weighted by Crippen LogP contribution is -2.08. The number of allylic oxidation sites excluding steroid dienone is 12. The topological polar surface area (TPSA) is 49.4 Å². The van der Waals surface area contributed by atoms with Gasteiger partial charge in [-0.25, -0.2) is 20.0 Å². The lowest BCUT2D eigenvalue weighted by atomic mass is 9.85. The summed E-state index contributed by atoms with van der Waals surface area (Å²) < 4.78 is 0. The SMILES string of the molecule is Clc1ccccc1C1=CC2=CC3=NC(=CC4=NC(=CC5=NC(=C(c6ccccc6Cl)C1=N2)C(c1ccccc1Cl)=C5c1ccccc1Cl)C=C4)C=C3. The maximum Gasteiger partial charge on any atom is 0.0823 e. The first-order valence-corrected chi connectivity index (χ1v) is 18.0. The number of aliphatic imine (C=N–C) groups is 4. The maximum atomic E-state index is 7.14. The van der Waals surface area contributed by atoms with Crippen LogP contribution in [0.1, 0.15) is 22.3 Å². The van der Waals surface area contributed by atoms with Crippen molar-refractivity contribution < 1.29 is 0 Å². The van der Waals surface area contributed by atoms with Gasteiger partial charge in [-0.2, -0.15) is 0 Å². The number of halogens is 4. The van der Waals surface area contributed by atoms with E-state index in [0.29, 0.717) is 48.5 Å². The van der Waals surface area contributed by atoms with Crippen LogP contribution in [0.4, 0.5) is 0 Å². The molecule has 4 nitrogen and oxygen atoms in total. The summed E-state index contributed by atoms with van der Waals surface area (Å²) in [6.07, 6.45) is 15.8. The van der Waals surface area contributed by atoms with Gasteiger partial charge in [-0.3, -0.25) is 0 Å². The molecule has 0 fully saturated rings. The molecule has 0 aromatic heterocycles. The van der Waals surface area contributed by atoms with E-state index in [1.54, 1.807) is 0 Å². The fourth-order valence-corrected chi connectivity index (χ4v) is 7.73. The molecule has 0 saturated heterocycles. The van der Waals surface area contributed by atoms with E-state index in [2.05, 4.69) is 0 Å². The second kappa shape index (κ2) is 13.3. The third kappa shape index (κ3) is 5.84. The van der Waals surface area contributed by atoms with Gasteiger partial charge < -0.3 is 0 Å². The first kappa shape index (κ1) is 32.5. The lowest BCUT2D eigenvalue weighted by Gasteiger charge is -2.19. The fraction of sp³-hybridized carbons (Fsp3) is 0. The summed E-state index contributed by atoms with van der Waals surface area (Å²) in [5, 5.41) is 2.24. The predicted molar refractivity (Wildman–Crippen MR) is 220 cm³/mol. The number of benzene rings is 4. The molecule has 0 atom stereocenters. The lowest BCUT2D eigenvalue weighted by molar-refractivity contribution is 1.41. The molecule has 0 unspecified atom stereocenters. The average Bonchev–Trinajstić information content (AvgIpc) is 3.95. The minimum Gasteiger partial charge on any atom is -0.249 e. The van der Waals surface area contributed by atoms with Crippen LogP contribution in [0, 0.1) is 0 Å². The molecule has 4 aromatic carbocycles. The third-order valence-electron chi connectivity index (χ3n) is 9.07. The van der Waals surface area contributed by atoms with Crippen molar-refractivity contribution in [1.29, 1.82) is 0 Å². The summed E-state index contributed by atoms with van der Waals surface area (Å²) in [5.41, 5.74) is 11.9. The zero-order valence-electron chi connectivity index (χ0n) is 27.2. The van der Waals surface area contributed by atoms with Gasteiger partial charge in [0.2, 0.25) is 0 Å². The van der Waals surface area contributed by atoms with Gasteiger partial charge in [-0.05, 0) is 72.9 Å². The highest BCUT2D eigenvalue weighted by atomic mass is 35.5. The van der Waals surface area contributed by atoms with Gasteiger partial charge in [-0.15, -0.1) is 0 Å². The molecule has 4 aromatic rings. The summed E-state index contributed by atoms with van der Waals surface area (Å²) in [6, 6.07) is 31.0. The number of hydrogen-bond acceptors (Lipinski definition) is 4. The largest absolute Gasteiger partial charge is 0.249 e. The Bertz CT molecular complexity index is 2650. The van der Waals surface area contributed by atoms with Gasteiger partial charge >= 0.3 is 0 Å². The summed E-state index contributed by atoms with van der Waals surface area (Å²) in [7, 11) is 0. The second-order valence-electron chi connectivity index (χ2n) is 12.4. The van der Waals surface area contributed by atoms with Gasteiger partial charge in [-0.1, -0.05) is 119 Å². The standard InChI is InChI=1S/C44H24Cl4N4/c45-35-13-5-1-9-30(35)34-23-29-22-27-18-17-25(49-27)21-26-19-20-28(50-26)24-39-40(31-10-2-6-14-36(31)46)41(32-11-3-7-15-37(32)47)44(52-39)42(43(34)51-29)33-12-4-8-16-38(33)48/h1-24H. The first-order chi connectivity index (χ1) is 25.4. The molecule has 5 aliphatic heterocycles. The summed E-state index contributed by atoms with van der Waals surface area (Å²) in [6.45, 7) is 0. The van der Waals surface area contributed by atoms with Gasteiger partial charge in [0, 0.05) is 64.6 Å². The van der Waals surface area contributed by atoms with Crippen molar-refractivity contribution in [3.8, 4) is 0 Å². The van der Waals surface area contributed by atoms with Crippen LogP contribution in [-0.2, 0) is 0 Å². The van der Waals surface area contributed by atoms with E-state index in [4.69, 9.17) is 66.4 Å². The van der Waals surface area contributed by atoms with Gasteiger partial charge in [0.25, 0.3) is 0 Å². The Balaban J connectivity index is 1.47. The molecule has 248 valence electrons. The summed E-state index contributed by atoms with van der Waals surface area (Å²) >= 11 is 28.2. The Morgan fingerprint density at radius 1 is 0.365 bits per heavy atom. The number of rotatable bonds is 4.